The average Bonchev–Trinajstić information content (AvgIpc) is 1.83. The van der Waals surface area contributed by atoms with Crippen LogP contribution in [0.1, 0.15) is 0 Å². The van der Waals surface area contributed by atoms with E-state index in [0.29, 0.717) is 0 Å². The quantitative estimate of drug-likeness (QED) is 0.657. The summed E-state index contributed by atoms with van der Waals surface area (Å²) >= 11 is 16.2. The Morgan fingerprint density at radius 1 is 0.900 bits per heavy atom. The summed E-state index contributed by atoms with van der Waals surface area (Å²) in [6, 6.07) is 0. The summed E-state index contributed by atoms with van der Waals surface area (Å²) in [7, 11) is 0. The van der Waals surface area contributed by atoms with Crippen LogP contribution < -0.4 is 0 Å². The largest absolute Gasteiger partial charge is 0.175 e. The number of halogens is 3. The Balaban J connectivity index is 0.000000810. The van der Waals surface area contributed by atoms with Crippen LogP contribution in [0.15, 0.2) is 0 Å². The third kappa shape index (κ3) is 2.22. The fourth-order valence-electron chi connectivity index (χ4n) is 0.274. The number of rotatable bonds is 0. The standard InChI is InChI=1S/C3Cl3N3.Cu/c4-1-2(5)7-9-8-3(1)6;. The zero-order valence-corrected chi connectivity index (χ0v) is 7.49. The molecular weight excluding hydrogens is 248 g/mol. The Bertz CT molecular complexity index is 210. The number of hydrogen-bond donors (Lipinski definition) is 0. The molecule has 0 amide bonds. The van der Waals surface area contributed by atoms with Gasteiger partial charge in [-0.25, -0.2) is 0 Å². The van der Waals surface area contributed by atoms with Crippen molar-refractivity contribution in [2.45, 2.75) is 0 Å². The predicted octanol–water partition coefficient (Wildman–Crippen LogP) is 1.83. The van der Waals surface area contributed by atoms with Crippen LogP contribution in [0.4, 0.5) is 0 Å². The Labute approximate surface area is 82.5 Å². The summed E-state index contributed by atoms with van der Waals surface area (Å²) in [6.07, 6.45) is 0. The maximum Gasteiger partial charge on any atom is 0.175 e. The summed E-state index contributed by atoms with van der Waals surface area (Å²) in [4.78, 5) is 0. The van der Waals surface area contributed by atoms with Gasteiger partial charge < -0.3 is 0 Å². The Morgan fingerprint density at radius 3 is 1.60 bits per heavy atom. The van der Waals surface area contributed by atoms with Crippen LogP contribution >= 0.6 is 34.8 Å². The van der Waals surface area contributed by atoms with Gasteiger partial charge >= 0.3 is 0 Å². The van der Waals surface area contributed by atoms with Crippen molar-refractivity contribution in [1.29, 1.82) is 0 Å². The van der Waals surface area contributed by atoms with Crippen LogP contribution in [0.2, 0.25) is 15.3 Å². The zero-order chi connectivity index (χ0) is 6.85. The summed E-state index contributed by atoms with van der Waals surface area (Å²) in [5.41, 5.74) is 0. The molecule has 0 aromatic carbocycles. The predicted molar refractivity (Wildman–Crippen MR) is 34.9 cm³/mol. The van der Waals surface area contributed by atoms with Crippen molar-refractivity contribution in [3.63, 3.8) is 0 Å². The summed E-state index contributed by atoms with van der Waals surface area (Å²) in [6.45, 7) is 0. The van der Waals surface area contributed by atoms with E-state index >= 15 is 0 Å². The number of nitrogens with zero attached hydrogens (tertiary/aromatic N) is 3. The van der Waals surface area contributed by atoms with Gasteiger partial charge in [-0.05, 0) is 5.21 Å². The minimum absolute atomic E-state index is 0. The molecule has 0 N–H and O–H groups in total. The third-order valence-corrected chi connectivity index (χ3v) is 1.71. The first-order chi connectivity index (χ1) is 4.22. The zero-order valence-electron chi connectivity index (χ0n) is 4.28. The van der Waals surface area contributed by atoms with Gasteiger partial charge in [-0.15, -0.1) is 10.2 Å². The van der Waals surface area contributed by atoms with Gasteiger partial charge in [0.15, 0.2) is 10.3 Å². The molecule has 7 heteroatoms. The Kier molecular flexibility index (Phi) is 4.49. The fourth-order valence-corrected chi connectivity index (χ4v) is 0.644. The SMILES string of the molecule is Clc1nnnc(Cl)c1Cl.[Cu]. The summed E-state index contributed by atoms with van der Waals surface area (Å²) in [5, 5.41) is 10.1. The van der Waals surface area contributed by atoms with Crippen molar-refractivity contribution >= 4 is 34.8 Å². The molecule has 59 valence electrons. The molecule has 1 aromatic heterocycles. The first kappa shape index (κ1) is 10.4. The van der Waals surface area contributed by atoms with Gasteiger partial charge in [-0.2, -0.15) is 0 Å². The molecule has 1 radical (unpaired) electrons. The monoisotopic (exact) mass is 246 g/mol. The van der Waals surface area contributed by atoms with Gasteiger partial charge in [0.25, 0.3) is 0 Å². The molecule has 3 nitrogen and oxygen atoms in total. The van der Waals surface area contributed by atoms with E-state index in [4.69, 9.17) is 34.8 Å². The Morgan fingerprint density at radius 2 is 1.30 bits per heavy atom. The van der Waals surface area contributed by atoms with Crippen molar-refractivity contribution in [3.8, 4) is 0 Å². The molecule has 0 aliphatic heterocycles. The molecule has 0 aliphatic carbocycles. The van der Waals surface area contributed by atoms with Crippen molar-refractivity contribution in [2.24, 2.45) is 0 Å². The molecule has 10 heavy (non-hydrogen) atoms. The fraction of sp³-hybridized carbons (Fsp3) is 0. The van der Waals surface area contributed by atoms with E-state index < -0.39 is 0 Å². The second-order valence-electron chi connectivity index (χ2n) is 1.19. The van der Waals surface area contributed by atoms with E-state index in [1.54, 1.807) is 0 Å². The van der Waals surface area contributed by atoms with Crippen LogP contribution in [0.25, 0.3) is 0 Å². The number of hydrogen-bond acceptors (Lipinski definition) is 3. The van der Waals surface area contributed by atoms with Crippen LogP contribution in [-0.4, -0.2) is 15.4 Å². The van der Waals surface area contributed by atoms with Crippen LogP contribution in [0.5, 0.6) is 0 Å². The minimum atomic E-state index is 0. The number of aromatic nitrogens is 3. The van der Waals surface area contributed by atoms with Gasteiger partial charge in [0.1, 0.15) is 5.02 Å². The van der Waals surface area contributed by atoms with Gasteiger partial charge in [0, 0.05) is 17.1 Å². The van der Waals surface area contributed by atoms with E-state index in [1.165, 1.54) is 0 Å². The normalized spacial score (nSPS) is 8.70. The van der Waals surface area contributed by atoms with Gasteiger partial charge in [-0.1, -0.05) is 34.8 Å². The second kappa shape index (κ2) is 4.31. The first-order valence-corrected chi connectivity index (χ1v) is 3.05. The van der Waals surface area contributed by atoms with Crippen LogP contribution in [0, 0.1) is 0 Å². The summed E-state index contributed by atoms with van der Waals surface area (Å²) in [5.74, 6) is 0. The van der Waals surface area contributed by atoms with Crippen LogP contribution in [0.3, 0.4) is 0 Å². The van der Waals surface area contributed by atoms with Gasteiger partial charge in [0.05, 0.1) is 0 Å². The molecule has 0 saturated carbocycles. The van der Waals surface area contributed by atoms with Gasteiger partial charge in [-0.3, -0.25) is 0 Å². The molecule has 0 aliphatic rings. The van der Waals surface area contributed by atoms with E-state index in [2.05, 4.69) is 15.4 Å². The Hall–Kier alpha value is 0.399. The molecule has 1 heterocycles. The third-order valence-electron chi connectivity index (χ3n) is 0.627. The molecule has 0 unspecified atom stereocenters. The molecule has 0 fully saturated rings. The maximum atomic E-state index is 5.45. The topological polar surface area (TPSA) is 38.7 Å². The molecule has 0 saturated heterocycles. The molecule has 1 rings (SSSR count). The van der Waals surface area contributed by atoms with E-state index in [-0.39, 0.29) is 32.4 Å². The van der Waals surface area contributed by atoms with E-state index in [1.807, 2.05) is 0 Å². The second-order valence-corrected chi connectivity index (χ2v) is 2.28. The molecular formula is C3Cl3CuN3. The molecule has 0 atom stereocenters. The maximum absolute atomic E-state index is 5.45. The minimum Gasteiger partial charge on any atom is -0.116 e. The molecule has 1 aromatic rings. The average molecular weight is 248 g/mol. The smallest absolute Gasteiger partial charge is 0.116 e. The van der Waals surface area contributed by atoms with Crippen molar-refractivity contribution in [2.75, 3.05) is 0 Å². The van der Waals surface area contributed by atoms with E-state index in [9.17, 15) is 0 Å². The van der Waals surface area contributed by atoms with Gasteiger partial charge in [0.2, 0.25) is 0 Å². The summed E-state index contributed by atoms with van der Waals surface area (Å²) < 4.78 is 0. The first-order valence-electron chi connectivity index (χ1n) is 1.91. The van der Waals surface area contributed by atoms with E-state index in [0.717, 1.165) is 0 Å². The van der Waals surface area contributed by atoms with Crippen molar-refractivity contribution < 1.29 is 17.1 Å². The molecule has 0 spiro atoms. The van der Waals surface area contributed by atoms with Crippen molar-refractivity contribution in [1.82, 2.24) is 15.4 Å². The van der Waals surface area contributed by atoms with Crippen LogP contribution in [-0.2, 0) is 17.1 Å². The molecule has 0 bridgehead atoms. The van der Waals surface area contributed by atoms with Crippen molar-refractivity contribution in [3.05, 3.63) is 15.3 Å².